The van der Waals surface area contributed by atoms with Crippen molar-refractivity contribution < 1.29 is 13.9 Å². The first-order valence-electron chi connectivity index (χ1n) is 8.71. The van der Waals surface area contributed by atoms with Gasteiger partial charge in [-0.15, -0.1) is 0 Å². The van der Waals surface area contributed by atoms with E-state index in [-0.39, 0.29) is 18.3 Å². The summed E-state index contributed by atoms with van der Waals surface area (Å²) in [6, 6.07) is 6.80. The Balaban J connectivity index is 1.64. The van der Waals surface area contributed by atoms with Gasteiger partial charge in [0.15, 0.2) is 6.39 Å². The van der Waals surface area contributed by atoms with Crippen molar-refractivity contribution in [1.29, 1.82) is 0 Å². The van der Waals surface area contributed by atoms with Crippen molar-refractivity contribution in [3.8, 4) is 0 Å². The largest absolute Gasteiger partial charge is 0.451 e. The number of nitrogens with zero attached hydrogens (tertiary/aromatic N) is 3. The number of aromatic nitrogens is 3. The summed E-state index contributed by atoms with van der Waals surface area (Å²) in [4.78, 5) is 29.5. The first kappa shape index (κ1) is 16.6. The van der Waals surface area contributed by atoms with Crippen LogP contribution in [0, 0.1) is 0 Å². The fourth-order valence-corrected chi connectivity index (χ4v) is 3.31. The predicted molar refractivity (Wildman–Crippen MR) is 93.9 cm³/mol. The van der Waals surface area contributed by atoms with E-state index in [0.717, 1.165) is 36.0 Å². The van der Waals surface area contributed by atoms with Crippen molar-refractivity contribution in [2.45, 2.75) is 38.5 Å². The quantitative estimate of drug-likeness (QED) is 0.773. The molecule has 136 valence electrons. The summed E-state index contributed by atoms with van der Waals surface area (Å²) < 4.78 is 13.4. The summed E-state index contributed by atoms with van der Waals surface area (Å²) in [6.45, 7) is 1.35. The maximum absolute atomic E-state index is 12.9. The number of carbonyl (C=O) groups excluding carboxylic acids is 1. The number of imidazole rings is 1. The van der Waals surface area contributed by atoms with Crippen molar-refractivity contribution in [2.75, 3.05) is 6.61 Å². The molecule has 1 aliphatic rings. The number of benzene rings is 1. The highest BCUT2D eigenvalue weighted by atomic mass is 16.5. The summed E-state index contributed by atoms with van der Waals surface area (Å²) in [6.07, 6.45) is 5.81. The standard InChI is InChI=1S/C18H20N4O4/c23-17(19-9-13-11-25-12-20-13)22-16-7-2-1-6-15(16)21(18(22)24)10-14-5-3-4-8-26-14/h1-2,6-7,11-12,14H,3-5,8-10H2,(H,19,23). The molecular weight excluding hydrogens is 336 g/mol. The number of carbonyl (C=O) groups is 1. The zero-order chi connectivity index (χ0) is 17.9. The van der Waals surface area contributed by atoms with E-state index in [4.69, 9.17) is 9.15 Å². The number of hydrogen-bond acceptors (Lipinski definition) is 5. The predicted octanol–water partition coefficient (Wildman–Crippen LogP) is 2.12. The Morgan fingerprint density at radius 1 is 1.27 bits per heavy atom. The maximum atomic E-state index is 12.9. The minimum absolute atomic E-state index is 0.00102. The second-order valence-electron chi connectivity index (χ2n) is 6.34. The summed E-state index contributed by atoms with van der Waals surface area (Å²) >= 11 is 0. The van der Waals surface area contributed by atoms with Gasteiger partial charge in [-0.3, -0.25) is 4.57 Å². The minimum atomic E-state index is -0.488. The highest BCUT2D eigenvalue weighted by molar-refractivity contribution is 5.89. The Morgan fingerprint density at radius 3 is 2.85 bits per heavy atom. The molecule has 4 rings (SSSR count). The Bertz CT molecular complexity index is 951. The van der Waals surface area contributed by atoms with E-state index in [1.54, 1.807) is 10.6 Å². The van der Waals surface area contributed by atoms with Gasteiger partial charge in [0.1, 0.15) is 6.26 Å². The van der Waals surface area contributed by atoms with Crippen molar-refractivity contribution in [3.63, 3.8) is 0 Å². The van der Waals surface area contributed by atoms with Crippen LogP contribution in [0.15, 0.2) is 46.1 Å². The third kappa shape index (κ3) is 3.15. The van der Waals surface area contributed by atoms with E-state index in [1.807, 2.05) is 18.2 Å². The van der Waals surface area contributed by atoms with Crippen LogP contribution in [-0.4, -0.2) is 32.9 Å². The van der Waals surface area contributed by atoms with Crippen molar-refractivity contribution in [2.24, 2.45) is 0 Å². The molecule has 0 saturated carbocycles. The lowest BCUT2D eigenvalue weighted by Crippen LogP contribution is -2.38. The van der Waals surface area contributed by atoms with Gasteiger partial charge in [-0.1, -0.05) is 12.1 Å². The molecule has 8 nitrogen and oxygen atoms in total. The molecule has 3 heterocycles. The Hall–Kier alpha value is -2.87. The monoisotopic (exact) mass is 356 g/mol. The highest BCUT2D eigenvalue weighted by Crippen LogP contribution is 2.18. The average Bonchev–Trinajstić information content (AvgIpc) is 3.28. The fourth-order valence-electron chi connectivity index (χ4n) is 3.31. The number of amides is 1. The molecule has 1 aromatic carbocycles. The van der Waals surface area contributed by atoms with Gasteiger partial charge in [-0.05, 0) is 31.4 Å². The molecule has 1 saturated heterocycles. The van der Waals surface area contributed by atoms with Crippen molar-refractivity contribution >= 4 is 17.1 Å². The highest BCUT2D eigenvalue weighted by Gasteiger charge is 2.22. The summed E-state index contributed by atoms with van der Waals surface area (Å²) in [5.74, 6) is 0. The lowest BCUT2D eigenvalue weighted by Gasteiger charge is -2.22. The van der Waals surface area contributed by atoms with Crippen LogP contribution < -0.4 is 11.0 Å². The van der Waals surface area contributed by atoms with Gasteiger partial charge in [0.25, 0.3) is 0 Å². The molecule has 1 amide bonds. The zero-order valence-electron chi connectivity index (χ0n) is 14.3. The molecule has 8 heteroatoms. The molecule has 0 bridgehead atoms. The Kier molecular flexibility index (Phi) is 4.57. The van der Waals surface area contributed by atoms with Gasteiger partial charge in [-0.25, -0.2) is 19.1 Å². The van der Waals surface area contributed by atoms with Gasteiger partial charge < -0.3 is 14.5 Å². The normalized spacial score (nSPS) is 17.5. The third-order valence-corrected chi connectivity index (χ3v) is 4.60. The van der Waals surface area contributed by atoms with E-state index < -0.39 is 6.03 Å². The van der Waals surface area contributed by atoms with Gasteiger partial charge in [0.05, 0.1) is 35.9 Å². The molecule has 1 N–H and O–H groups in total. The Labute approximate surface area is 149 Å². The maximum Gasteiger partial charge on any atom is 0.337 e. The number of hydrogen-bond donors (Lipinski definition) is 1. The molecule has 0 radical (unpaired) electrons. The van der Waals surface area contributed by atoms with Crippen LogP contribution in [0.2, 0.25) is 0 Å². The van der Waals surface area contributed by atoms with Crippen molar-refractivity contribution in [1.82, 2.24) is 19.4 Å². The summed E-state index contributed by atoms with van der Waals surface area (Å²) in [5, 5.41) is 2.71. The fraction of sp³-hybridized carbons (Fsp3) is 0.389. The second kappa shape index (κ2) is 7.17. The number of oxazole rings is 1. The number of ether oxygens (including phenoxy) is 1. The molecule has 0 spiro atoms. The van der Waals surface area contributed by atoms with E-state index in [1.165, 1.54) is 12.7 Å². The van der Waals surface area contributed by atoms with E-state index in [0.29, 0.717) is 17.8 Å². The molecular formula is C18H20N4O4. The van der Waals surface area contributed by atoms with E-state index >= 15 is 0 Å². The van der Waals surface area contributed by atoms with Crippen LogP contribution in [0.25, 0.3) is 11.0 Å². The molecule has 26 heavy (non-hydrogen) atoms. The lowest BCUT2D eigenvalue weighted by molar-refractivity contribution is 0.00606. The average molecular weight is 356 g/mol. The summed E-state index contributed by atoms with van der Waals surface area (Å²) in [7, 11) is 0. The number of para-hydroxylation sites is 2. The molecule has 1 fully saturated rings. The Morgan fingerprint density at radius 2 is 2.12 bits per heavy atom. The second-order valence-corrected chi connectivity index (χ2v) is 6.34. The van der Waals surface area contributed by atoms with E-state index in [2.05, 4.69) is 10.3 Å². The molecule has 1 atom stereocenters. The van der Waals surface area contributed by atoms with Crippen LogP contribution in [0.1, 0.15) is 25.0 Å². The van der Waals surface area contributed by atoms with Crippen LogP contribution in [0.3, 0.4) is 0 Å². The third-order valence-electron chi connectivity index (χ3n) is 4.60. The van der Waals surface area contributed by atoms with Crippen LogP contribution in [0.4, 0.5) is 4.79 Å². The van der Waals surface area contributed by atoms with Crippen molar-refractivity contribution in [3.05, 3.63) is 53.1 Å². The molecule has 1 aliphatic heterocycles. The molecule has 3 aromatic rings. The number of nitrogens with one attached hydrogen (secondary N) is 1. The van der Waals surface area contributed by atoms with Gasteiger partial charge >= 0.3 is 11.7 Å². The van der Waals surface area contributed by atoms with Crippen LogP contribution in [0.5, 0.6) is 0 Å². The number of rotatable bonds is 4. The smallest absolute Gasteiger partial charge is 0.337 e. The zero-order valence-corrected chi connectivity index (χ0v) is 14.3. The topological polar surface area (TPSA) is 91.3 Å². The molecule has 2 aromatic heterocycles. The van der Waals surface area contributed by atoms with Gasteiger partial charge in [0, 0.05) is 6.61 Å². The minimum Gasteiger partial charge on any atom is -0.451 e. The first-order chi connectivity index (χ1) is 12.7. The lowest BCUT2D eigenvalue weighted by atomic mass is 10.1. The molecule has 1 unspecified atom stereocenters. The first-order valence-corrected chi connectivity index (χ1v) is 8.71. The van der Waals surface area contributed by atoms with Crippen LogP contribution >= 0.6 is 0 Å². The number of fused-ring (bicyclic) bond motifs is 1. The molecule has 0 aliphatic carbocycles. The van der Waals surface area contributed by atoms with Crippen LogP contribution in [-0.2, 0) is 17.8 Å². The van der Waals surface area contributed by atoms with E-state index in [9.17, 15) is 9.59 Å². The SMILES string of the molecule is O=C(NCc1cocn1)n1c(=O)n(CC2CCCCO2)c2ccccc21. The summed E-state index contributed by atoms with van der Waals surface area (Å²) in [5.41, 5.74) is 1.53. The van der Waals surface area contributed by atoms with Gasteiger partial charge in [0.2, 0.25) is 0 Å². The van der Waals surface area contributed by atoms with Gasteiger partial charge in [-0.2, -0.15) is 0 Å².